The molecule has 0 radical (unpaired) electrons. The maximum Gasteiger partial charge on any atom is 0.247 e. The fourth-order valence-electron chi connectivity index (χ4n) is 1.92. The van der Waals surface area contributed by atoms with Crippen molar-refractivity contribution < 1.29 is 4.79 Å². The maximum atomic E-state index is 12.1. The van der Waals surface area contributed by atoms with E-state index >= 15 is 0 Å². The molecule has 0 saturated carbocycles. The zero-order chi connectivity index (χ0) is 13.8. The van der Waals surface area contributed by atoms with E-state index in [1.54, 1.807) is 0 Å². The summed E-state index contributed by atoms with van der Waals surface area (Å²) in [4.78, 5) is 16.3. The number of pyridine rings is 1. The third-order valence-electron chi connectivity index (χ3n) is 2.79. The Hall–Kier alpha value is -2.20. The zero-order valence-corrected chi connectivity index (χ0v) is 11.1. The smallest absolute Gasteiger partial charge is 0.247 e. The van der Waals surface area contributed by atoms with Crippen molar-refractivity contribution in [3.8, 4) is 0 Å². The van der Waals surface area contributed by atoms with Gasteiger partial charge in [-0.2, -0.15) is 0 Å². The number of nitrogens with zero attached hydrogens (tertiary/aromatic N) is 1. The van der Waals surface area contributed by atoms with Crippen LogP contribution in [-0.4, -0.2) is 10.9 Å². The van der Waals surface area contributed by atoms with Crippen molar-refractivity contribution in [2.75, 3.05) is 5.32 Å². The number of carbonyl (C=O) groups excluding carboxylic acids is 1. The molecule has 2 rings (SSSR count). The quantitative estimate of drug-likeness (QED) is 0.884. The Balaban J connectivity index is 2.13. The molecule has 98 valence electrons. The molecule has 0 aliphatic rings. The molecule has 0 bridgehead atoms. The Morgan fingerprint density at radius 3 is 2.53 bits per heavy atom. The van der Waals surface area contributed by atoms with E-state index in [9.17, 15) is 4.79 Å². The molecule has 3 N–H and O–H groups in total. The summed E-state index contributed by atoms with van der Waals surface area (Å²) in [6.45, 7) is 3.85. The number of carbonyl (C=O) groups is 1. The zero-order valence-electron chi connectivity index (χ0n) is 11.1. The molecule has 1 aromatic carbocycles. The molecule has 4 nitrogen and oxygen atoms in total. The first-order chi connectivity index (χ1) is 9.06. The first-order valence-electron chi connectivity index (χ1n) is 6.13. The molecule has 1 heterocycles. The normalized spacial score (nSPS) is 11.9. The van der Waals surface area contributed by atoms with Crippen LogP contribution in [0, 0.1) is 13.8 Å². The number of hydrogen-bond acceptors (Lipinski definition) is 3. The van der Waals surface area contributed by atoms with Crippen LogP contribution in [0.1, 0.15) is 22.9 Å². The molecule has 19 heavy (non-hydrogen) atoms. The molecule has 1 amide bonds. The van der Waals surface area contributed by atoms with Gasteiger partial charge in [-0.25, -0.2) is 4.98 Å². The van der Waals surface area contributed by atoms with Crippen LogP contribution < -0.4 is 11.1 Å². The number of benzene rings is 1. The summed E-state index contributed by atoms with van der Waals surface area (Å²) in [6.07, 6.45) is 0. The van der Waals surface area contributed by atoms with Gasteiger partial charge in [-0.05, 0) is 37.1 Å². The van der Waals surface area contributed by atoms with Gasteiger partial charge in [0, 0.05) is 5.69 Å². The first-order valence-corrected chi connectivity index (χ1v) is 6.13. The fraction of sp³-hybridized carbons (Fsp3) is 0.200. The number of aryl methyl sites for hydroxylation is 2. The van der Waals surface area contributed by atoms with E-state index in [0.29, 0.717) is 5.82 Å². The van der Waals surface area contributed by atoms with Crippen molar-refractivity contribution in [2.24, 2.45) is 5.73 Å². The predicted molar refractivity (Wildman–Crippen MR) is 75.7 cm³/mol. The van der Waals surface area contributed by atoms with E-state index in [1.165, 1.54) is 0 Å². The highest BCUT2D eigenvalue weighted by atomic mass is 16.2. The molecule has 0 fully saturated rings. The van der Waals surface area contributed by atoms with Crippen LogP contribution in [-0.2, 0) is 4.79 Å². The molecule has 4 heteroatoms. The topological polar surface area (TPSA) is 68.0 Å². The Bertz CT molecular complexity index is 561. The number of nitrogens with two attached hydrogens (primary N) is 1. The minimum atomic E-state index is -0.691. The number of aromatic nitrogens is 1. The highest BCUT2D eigenvalue weighted by Crippen LogP contribution is 2.14. The van der Waals surface area contributed by atoms with Crippen LogP contribution in [0.15, 0.2) is 42.5 Å². The third-order valence-corrected chi connectivity index (χ3v) is 2.79. The van der Waals surface area contributed by atoms with Crippen LogP contribution in [0.2, 0.25) is 0 Å². The number of anilines is 1. The molecular formula is C15H17N3O. The van der Waals surface area contributed by atoms with Crippen LogP contribution in [0.4, 0.5) is 5.82 Å². The summed E-state index contributed by atoms with van der Waals surface area (Å²) in [5.41, 5.74) is 8.62. The molecule has 0 unspecified atom stereocenters. The lowest BCUT2D eigenvalue weighted by molar-refractivity contribution is -0.117. The minimum Gasteiger partial charge on any atom is -0.316 e. The van der Waals surface area contributed by atoms with Crippen molar-refractivity contribution in [2.45, 2.75) is 19.9 Å². The summed E-state index contributed by atoms with van der Waals surface area (Å²) >= 11 is 0. The van der Waals surface area contributed by atoms with Gasteiger partial charge < -0.3 is 11.1 Å². The van der Waals surface area contributed by atoms with Crippen LogP contribution >= 0.6 is 0 Å². The van der Waals surface area contributed by atoms with Gasteiger partial charge in [-0.15, -0.1) is 0 Å². The Kier molecular flexibility index (Phi) is 3.92. The summed E-state index contributed by atoms with van der Waals surface area (Å²) in [6, 6.07) is 12.4. The molecule has 0 aliphatic heterocycles. The lowest BCUT2D eigenvalue weighted by atomic mass is 10.1. The van der Waals surface area contributed by atoms with Gasteiger partial charge in [0.1, 0.15) is 11.9 Å². The van der Waals surface area contributed by atoms with E-state index < -0.39 is 6.04 Å². The molecular weight excluding hydrogens is 238 g/mol. The van der Waals surface area contributed by atoms with Crippen molar-refractivity contribution in [3.63, 3.8) is 0 Å². The SMILES string of the molecule is Cc1cc(C)nc(NC(=O)[C@@H](N)c2ccccc2)c1. The van der Waals surface area contributed by atoms with Crippen molar-refractivity contribution >= 4 is 11.7 Å². The van der Waals surface area contributed by atoms with Gasteiger partial charge in [0.2, 0.25) is 5.91 Å². The second-order valence-corrected chi connectivity index (χ2v) is 4.55. The van der Waals surface area contributed by atoms with Crippen LogP contribution in [0.5, 0.6) is 0 Å². The van der Waals surface area contributed by atoms with E-state index in [0.717, 1.165) is 16.8 Å². The van der Waals surface area contributed by atoms with Crippen LogP contribution in [0.3, 0.4) is 0 Å². The van der Waals surface area contributed by atoms with Gasteiger partial charge in [0.15, 0.2) is 0 Å². The average molecular weight is 255 g/mol. The van der Waals surface area contributed by atoms with Gasteiger partial charge in [0.05, 0.1) is 0 Å². The Morgan fingerprint density at radius 2 is 1.89 bits per heavy atom. The molecule has 1 aromatic heterocycles. The van der Waals surface area contributed by atoms with E-state index in [2.05, 4.69) is 10.3 Å². The summed E-state index contributed by atoms with van der Waals surface area (Å²) in [5.74, 6) is 0.276. The summed E-state index contributed by atoms with van der Waals surface area (Å²) in [5, 5.41) is 2.75. The van der Waals surface area contributed by atoms with Crippen molar-refractivity contribution in [3.05, 3.63) is 59.3 Å². The molecule has 0 aliphatic carbocycles. The van der Waals surface area contributed by atoms with Gasteiger partial charge in [-0.1, -0.05) is 30.3 Å². The number of amides is 1. The molecule has 0 spiro atoms. The summed E-state index contributed by atoms with van der Waals surface area (Å²) < 4.78 is 0. The number of nitrogens with one attached hydrogen (secondary N) is 1. The lowest BCUT2D eigenvalue weighted by Crippen LogP contribution is -2.28. The van der Waals surface area contributed by atoms with Crippen molar-refractivity contribution in [1.82, 2.24) is 4.98 Å². The van der Waals surface area contributed by atoms with E-state index in [1.807, 2.05) is 56.3 Å². The highest BCUT2D eigenvalue weighted by Gasteiger charge is 2.16. The van der Waals surface area contributed by atoms with Gasteiger partial charge in [0.25, 0.3) is 0 Å². The average Bonchev–Trinajstić information content (AvgIpc) is 2.37. The largest absolute Gasteiger partial charge is 0.316 e. The highest BCUT2D eigenvalue weighted by molar-refractivity contribution is 5.94. The van der Waals surface area contributed by atoms with Gasteiger partial charge >= 0.3 is 0 Å². The molecule has 1 atom stereocenters. The first kappa shape index (κ1) is 13.2. The third kappa shape index (κ3) is 3.39. The minimum absolute atomic E-state index is 0.260. The summed E-state index contributed by atoms with van der Waals surface area (Å²) in [7, 11) is 0. The fourth-order valence-corrected chi connectivity index (χ4v) is 1.92. The van der Waals surface area contributed by atoms with Gasteiger partial charge in [-0.3, -0.25) is 4.79 Å². The lowest BCUT2D eigenvalue weighted by Gasteiger charge is -2.12. The monoisotopic (exact) mass is 255 g/mol. The van der Waals surface area contributed by atoms with Crippen LogP contribution in [0.25, 0.3) is 0 Å². The maximum absolute atomic E-state index is 12.1. The standard InChI is InChI=1S/C15H17N3O/c1-10-8-11(2)17-13(9-10)18-15(19)14(16)12-6-4-3-5-7-12/h3-9,14H,16H2,1-2H3,(H,17,18,19)/t14-/m0/s1. The second-order valence-electron chi connectivity index (χ2n) is 4.55. The number of hydrogen-bond donors (Lipinski definition) is 2. The van der Waals surface area contributed by atoms with Crippen molar-refractivity contribution in [1.29, 1.82) is 0 Å². The molecule has 0 saturated heterocycles. The predicted octanol–water partition coefficient (Wildman–Crippen LogP) is 2.34. The van der Waals surface area contributed by atoms with E-state index in [-0.39, 0.29) is 5.91 Å². The molecule has 2 aromatic rings. The number of rotatable bonds is 3. The van der Waals surface area contributed by atoms with E-state index in [4.69, 9.17) is 5.73 Å². The second kappa shape index (κ2) is 5.63. The Morgan fingerprint density at radius 1 is 1.21 bits per heavy atom. The Labute approximate surface area is 112 Å².